The fourth-order valence-corrected chi connectivity index (χ4v) is 8.92. The minimum atomic E-state index is -0.938. The van der Waals surface area contributed by atoms with Crippen molar-refractivity contribution in [3.63, 3.8) is 0 Å². The number of benzene rings is 3. The average molecular weight is 864 g/mol. The lowest BCUT2D eigenvalue weighted by atomic mass is 10.0. The first-order valence-electron chi connectivity index (χ1n) is 21.7. The minimum absolute atomic E-state index is 0.136. The number of allylic oxidation sites excluding steroid dienone is 3. The second kappa shape index (κ2) is 18.4. The number of terminal acetylenes is 1. The van der Waals surface area contributed by atoms with E-state index in [-0.39, 0.29) is 18.4 Å². The van der Waals surface area contributed by atoms with Gasteiger partial charge in [0.25, 0.3) is 5.69 Å². The number of halogens is 3. The van der Waals surface area contributed by atoms with Crippen molar-refractivity contribution in [2.24, 2.45) is 14.1 Å². The number of nitrogens with zero attached hydrogens (tertiary/aromatic N) is 10. The highest BCUT2D eigenvalue weighted by atomic mass is 19.1. The van der Waals surface area contributed by atoms with Crippen molar-refractivity contribution >= 4 is 33.2 Å². The van der Waals surface area contributed by atoms with Crippen LogP contribution >= 0.6 is 0 Å². The third kappa shape index (κ3) is 8.71. The van der Waals surface area contributed by atoms with Gasteiger partial charge in [0.05, 0.1) is 11.1 Å². The van der Waals surface area contributed by atoms with Gasteiger partial charge in [-0.2, -0.15) is 14.6 Å². The first kappa shape index (κ1) is 42.4. The lowest BCUT2D eigenvalue weighted by Gasteiger charge is -2.33. The molecule has 2 fully saturated rings. The summed E-state index contributed by atoms with van der Waals surface area (Å²) in [6, 6.07) is 26.0. The Hall–Kier alpha value is -6.89. The number of fused-ring (bicyclic) bond motifs is 2. The van der Waals surface area contributed by atoms with Gasteiger partial charge in [0, 0.05) is 117 Å². The molecule has 0 radical (unpaired) electrons. The van der Waals surface area contributed by atoms with Crippen LogP contribution < -0.4 is 25.1 Å². The van der Waals surface area contributed by atoms with E-state index in [1.54, 1.807) is 36.1 Å². The first-order valence-corrected chi connectivity index (χ1v) is 21.7. The van der Waals surface area contributed by atoms with Crippen LogP contribution in [0.2, 0.25) is 0 Å². The highest BCUT2D eigenvalue weighted by Crippen LogP contribution is 2.36. The van der Waals surface area contributed by atoms with E-state index in [4.69, 9.17) is 21.7 Å². The number of nitrogens with one attached hydrogen (secondary N) is 2. The van der Waals surface area contributed by atoms with Crippen molar-refractivity contribution in [1.29, 1.82) is 0 Å². The summed E-state index contributed by atoms with van der Waals surface area (Å²) >= 11 is 0. The van der Waals surface area contributed by atoms with Crippen LogP contribution in [0.4, 0.5) is 24.8 Å². The molecule has 0 saturated carbocycles. The van der Waals surface area contributed by atoms with Crippen molar-refractivity contribution in [3.05, 3.63) is 126 Å². The van der Waals surface area contributed by atoms with Crippen LogP contribution in [0.5, 0.6) is 0 Å². The summed E-state index contributed by atoms with van der Waals surface area (Å²) in [6.45, 7) is 5.54. The molecule has 9 rings (SSSR count). The van der Waals surface area contributed by atoms with Gasteiger partial charge < -0.3 is 20.4 Å². The summed E-state index contributed by atoms with van der Waals surface area (Å²) in [6.07, 6.45) is 12.8. The van der Waals surface area contributed by atoms with Gasteiger partial charge in [0.1, 0.15) is 23.0 Å². The molecule has 3 aromatic carbocycles. The number of aryl methyl sites for hydroxylation is 2. The van der Waals surface area contributed by atoms with Crippen LogP contribution in [0.1, 0.15) is 38.2 Å². The molecule has 2 aliphatic rings. The number of hydrogen-bond donors (Lipinski definition) is 2. The van der Waals surface area contributed by atoms with E-state index in [0.29, 0.717) is 36.9 Å². The van der Waals surface area contributed by atoms with Crippen molar-refractivity contribution in [3.8, 4) is 40.8 Å². The van der Waals surface area contributed by atoms with Crippen LogP contribution in [0.3, 0.4) is 0 Å². The largest absolute Gasteiger partial charge is 0.354 e. The summed E-state index contributed by atoms with van der Waals surface area (Å²) < 4.78 is 47.6. The van der Waals surface area contributed by atoms with Crippen LogP contribution in [0.25, 0.3) is 50.0 Å². The molecule has 326 valence electrons. The topological polar surface area (TPSA) is 109 Å². The van der Waals surface area contributed by atoms with Crippen LogP contribution in [-0.4, -0.2) is 79.7 Å². The predicted molar refractivity (Wildman–Crippen MR) is 244 cm³/mol. The molecule has 7 aromatic rings. The molecule has 12 nitrogen and oxygen atoms in total. The number of rotatable bonds is 12. The maximum absolute atomic E-state index is 14.5. The smallest absolute Gasteiger partial charge is 0.271 e. The normalized spacial score (nSPS) is 15.9. The first-order chi connectivity index (χ1) is 31.1. The zero-order valence-electron chi connectivity index (χ0n) is 36.1. The second-order valence-corrected chi connectivity index (χ2v) is 16.6. The molecule has 0 unspecified atom stereocenters. The highest BCUT2D eigenvalue weighted by molar-refractivity contribution is 6.01. The lowest BCUT2D eigenvalue weighted by Crippen LogP contribution is -2.45. The Balaban J connectivity index is 1.07. The summed E-state index contributed by atoms with van der Waals surface area (Å²) in [5, 5.41) is 35.3. The van der Waals surface area contributed by atoms with Gasteiger partial charge in [-0.05, 0) is 90.7 Å². The van der Waals surface area contributed by atoms with Gasteiger partial charge in [0.15, 0.2) is 11.6 Å². The fourth-order valence-electron chi connectivity index (χ4n) is 8.92. The molecule has 0 aliphatic carbocycles. The molecule has 2 aliphatic heterocycles. The molecule has 2 saturated heterocycles. The fraction of sp³-hybridized carbons (Fsp3) is 0.306. The van der Waals surface area contributed by atoms with Crippen molar-refractivity contribution < 1.29 is 17.9 Å². The number of piperidine rings is 2. The molecule has 2 N–H and O–H groups in total. The lowest BCUT2D eigenvalue weighted by molar-refractivity contribution is -0.646. The zero-order chi connectivity index (χ0) is 44.3. The Morgan fingerprint density at radius 2 is 1.42 bits per heavy atom. The van der Waals surface area contributed by atoms with Gasteiger partial charge in [-0.15, -0.1) is 16.6 Å². The molecule has 15 heteroatoms. The molecule has 0 spiro atoms. The number of hydrogen-bond acceptors (Lipinski definition) is 9. The predicted octanol–water partition coefficient (Wildman–Crippen LogP) is 7.44. The maximum atomic E-state index is 14.5. The molecule has 4 aromatic heterocycles. The van der Waals surface area contributed by atoms with Gasteiger partial charge in [0.2, 0.25) is 11.5 Å². The van der Waals surface area contributed by atoms with E-state index in [0.717, 1.165) is 106 Å². The molecular formula is C49H50F3N12+. The molecule has 64 heavy (non-hydrogen) atoms. The maximum Gasteiger partial charge on any atom is 0.271 e. The number of aromatic nitrogens is 8. The number of anilines is 2. The summed E-state index contributed by atoms with van der Waals surface area (Å²) in [7, 11) is 3.84. The van der Waals surface area contributed by atoms with Gasteiger partial charge in [-0.1, -0.05) is 30.3 Å². The molecule has 6 heterocycles. The van der Waals surface area contributed by atoms with Crippen molar-refractivity contribution in [2.45, 2.75) is 51.2 Å². The van der Waals surface area contributed by atoms with Crippen LogP contribution in [0, 0.1) is 18.2 Å². The summed E-state index contributed by atoms with van der Waals surface area (Å²) in [5.41, 5.74) is 5.52. The van der Waals surface area contributed by atoms with E-state index in [1.807, 2.05) is 47.6 Å². The third-order valence-corrected chi connectivity index (χ3v) is 12.5. The van der Waals surface area contributed by atoms with Gasteiger partial charge >= 0.3 is 0 Å². The Morgan fingerprint density at radius 3 is 2.09 bits per heavy atom. The average Bonchev–Trinajstić information content (AvgIpc) is 3.96. The second-order valence-electron chi connectivity index (χ2n) is 16.6. The Bertz CT molecular complexity index is 2930. The van der Waals surface area contributed by atoms with Crippen LogP contribution in [-0.2, 0) is 20.6 Å². The van der Waals surface area contributed by atoms with Gasteiger partial charge in [-0.3, -0.25) is 9.36 Å². The van der Waals surface area contributed by atoms with E-state index in [1.165, 1.54) is 6.07 Å². The highest BCUT2D eigenvalue weighted by Gasteiger charge is 2.32. The van der Waals surface area contributed by atoms with E-state index in [9.17, 15) is 13.2 Å². The Kier molecular flexibility index (Phi) is 12.2. The molecule has 0 bridgehead atoms. The monoisotopic (exact) mass is 863 g/mol. The SMILES string of the molecule is C#CC(F)=CC(F)=C(C)CNC1CCN(c2nnc(-c3ccnn3C)c3cc(-[n+]4nc(N5CCC(NCc6cccc(F)c6)CC5)c5ccccc5c4-c4ccnn4C)ccc23)CC1. The van der Waals surface area contributed by atoms with E-state index < -0.39 is 11.7 Å². The minimum Gasteiger partial charge on any atom is -0.354 e. The third-order valence-electron chi connectivity index (χ3n) is 12.5. The summed E-state index contributed by atoms with van der Waals surface area (Å²) in [5.74, 6) is 1.66. The van der Waals surface area contributed by atoms with Crippen molar-refractivity contribution in [2.75, 3.05) is 42.5 Å². The molecular weight excluding hydrogens is 814 g/mol. The summed E-state index contributed by atoms with van der Waals surface area (Å²) in [4.78, 5) is 4.63. The van der Waals surface area contributed by atoms with Gasteiger partial charge in [-0.25, -0.2) is 8.78 Å². The van der Waals surface area contributed by atoms with Crippen molar-refractivity contribution in [1.82, 2.24) is 45.5 Å². The Labute approximate surface area is 370 Å². The quantitative estimate of drug-likeness (QED) is 0.0737. The molecule has 0 amide bonds. The van der Waals surface area contributed by atoms with Crippen LogP contribution in [0.15, 0.2) is 115 Å². The Morgan fingerprint density at radius 1 is 0.766 bits per heavy atom. The molecule has 0 atom stereocenters. The van der Waals surface area contributed by atoms with E-state index in [2.05, 4.69) is 73.1 Å². The van der Waals surface area contributed by atoms with E-state index >= 15 is 0 Å². The standard InChI is InChI=1S/C49H50F3N12/c1-5-34(50)28-43(52)32(2)30-53-36-17-23-62(24-18-36)48-41-14-13-38(29-42(41)46(57-58-48)44-15-21-55-60(44)3)64-47(45-16-22-56-61(45)4)39-11-6-7-12-40(39)49(59-64)63-25-19-37(20-26-63)54-31-33-9-8-10-35(51)27-33/h1,6-16,21-22,27-29,36-37,53-54H,17-20,23-26,30-31H2,2-4H3/q+1. The zero-order valence-corrected chi connectivity index (χ0v) is 36.1.